The first-order valence-corrected chi connectivity index (χ1v) is 12.4. The smallest absolute Gasteiger partial charge is 0.871 e. The van der Waals surface area contributed by atoms with Crippen LogP contribution < -0.4 is 39.4 Å². The Bertz CT molecular complexity index is 869. The first-order chi connectivity index (χ1) is 14.4. The van der Waals surface area contributed by atoms with Gasteiger partial charge in [0.2, 0.25) is 0 Å². The van der Waals surface area contributed by atoms with Gasteiger partial charge in [0.15, 0.2) is 0 Å². The van der Waals surface area contributed by atoms with Gasteiger partial charge in [-0.3, -0.25) is 4.55 Å². The second-order valence-electron chi connectivity index (χ2n) is 7.73. The van der Waals surface area contributed by atoms with Crippen LogP contribution in [0.25, 0.3) is 0 Å². The quantitative estimate of drug-likeness (QED) is 0.268. The third kappa shape index (κ3) is 10.4. The van der Waals surface area contributed by atoms with Crippen molar-refractivity contribution in [3.8, 4) is 17.2 Å². The molecule has 1 N–H and O–H groups in total. The minimum absolute atomic E-state index is 0. The summed E-state index contributed by atoms with van der Waals surface area (Å²) in [7, 11) is -4.62. The number of hydrogen-bond acceptors (Lipinski definition) is 4. The van der Waals surface area contributed by atoms with Crippen molar-refractivity contribution in [2.75, 3.05) is 0 Å². The molecule has 0 atom stereocenters. The van der Waals surface area contributed by atoms with E-state index < -0.39 is 20.8 Å². The predicted octanol–water partition coefficient (Wildman–Crippen LogP) is 3.27. The molecule has 0 saturated heterocycles. The third-order valence-electron chi connectivity index (χ3n) is 5.16. The van der Waals surface area contributed by atoms with Crippen LogP contribution in [0.3, 0.4) is 0 Å². The summed E-state index contributed by atoms with van der Waals surface area (Å²) in [5.41, 5.74) is 0.357. The molecule has 0 fully saturated rings. The second kappa shape index (κ2) is 14.9. The van der Waals surface area contributed by atoms with E-state index in [1.54, 1.807) is 30.3 Å². The molecule has 2 rings (SSSR count). The van der Waals surface area contributed by atoms with Crippen molar-refractivity contribution >= 4 is 10.1 Å². The van der Waals surface area contributed by atoms with Crippen molar-refractivity contribution in [3.63, 3.8) is 0 Å². The molecule has 166 valence electrons. The van der Waals surface area contributed by atoms with Crippen LogP contribution >= 0.6 is 0 Å². The Morgan fingerprint density at radius 3 is 1.94 bits per heavy atom. The van der Waals surface area contributed by atoms with Crippen molar-refractivity contribution in [1.82, 2.24) is 0 Å². The average Bonchev–Trinajstić information content (AvgIpc) is 2.71. The molecule has 2 aromatic carbocycles. The number of para-hydroxylation sites is 1. The molecule has 31 heavy (non-hydrogen) atoms. The molecule has 5 nitrogen and oxygen atoms in total. The fraction of sp³-hybridized carbons (Fsp3) is 0.500. The van der Waals surface area contributed by atoms with Crippen molar-refractivity contribution in [1.29, 1.82) is 0 Å². The van der Waals surface area contributed by atoms with Gasteiger partial charge in [0.1, 0.15) is 11.5 Å². The molecule has 0 aliphatic carbocycles. The van der Waals surface area contributed by atoms with Gasteiger partial charge in [0.25, 0.3) is 10.1 Å². The SMILES string of the molecule is CCCCCCCCCCCCc1cc(Oc2ccccc2)cc(S(=O)(=O)O)c1[O-].[Na+]. The standard InChI is InChI=1S/C24H34O5S.Na/c1-2-3-4-5-6-7-8-9-10-12-15-20-18-22(29-21-16-13-11-14-17-21)19-23(24(20)25)30(26,27)28;/h11,13-14,16-19,25H,2-10,12,15H2,1H3,(H,26,27,28);/q;+1/p-1. The zero-order valence-corrected chi connectivity index (χ0v) is 21.6. The zero-order valence-electron chi connectivity index (χ0n) is 18.8. The third-order valence-corrected chi connectivity index (χ3v) is 6.02. The molecule has 0 spiro atoms. The zero-order chi connectivity index (χ0) is 21.8. The Kier molecular flexibility index (Phi) is 13.5. The van der Waals surface area contributed by atoms with Crippen LogP contribution in [-0.2, 0) is 16.5 Å². The van der Waals surface area contributed by atoms with E-state index in [0.717, 1.165) is 25.3 Å². The van der Waals surface area contributed by atoms with Crippen LogP contribution in [0.15, 0.2) is 47.4 Å². The molecule has 0 bridgehead atoms. The molecule has 0 amide bonds. The van der Waals surface area contributed by atoms with Gasteiger partial charge in [-0.05, 0) is 31.0 Å². The minimum Gasteiger partial charge on any atom is -0.871 e. The van der Waals surface area contributed by atoms with E-state index >= 15 is 0 Å². The molecule has 0 saturated carbocycles. The predicted molar refractivity (Wildman–Crippen MR) is 118 cm³/mol. The van der Waals surface area contributed by atoms with Crippen molar-refractivity contribution in [2.45, 2.75) is 82.4 Å². The van der Waals surface area contributed by atoms with Gasteiger partial charge in [0, 0.05) is 6.07 Å². The van der Waals surface area contributed by atoms with Crippen LogP contribution in [0.2, 0.25) is 0 Å². The summed E-state index contributed by atoms with van der Waals surface area (Å²) in [6.45, 7) is 2.22. The van der Waals surface area contributed by atoms with Gasteiger partial charge in [-0.15, -0.1) is 0 Å². The number of unbranched alkanes of at least 4 members (excludes halogenated alkanes) is 9. The number of hydrogen-bond donors (Lipinski definition) is 1. The van der Waals surface area contributed by atoms with Gasteiger partial charge < -0.3 is 9.84 Å². The number of rotatable bonds is 14. The molecule has 0 aromatic heterocycles. The Morgan fingerprint density at radius 1 is 0.839 bits per heavy atom. The summed E-state index contributed by atoms with van der Waals surface area (Å²) in [4.78, 5) is -0.627. The van der Waals surface area contributed by atoms with Gasteiger partial charge in [0.05, 0.1) is 4.90 Å². The number of aryl methyl sites for hydroxylation is 1. The van der Waals surface area contributed by atoms with Crippen LogP contribution in [0.5, 0.6) is 17.2 Å². The summed E-state index contributed by atoms with van der Waals surface area (Å²) in [5.74, 6) is 0.117. The van der Waals surface area contributed by atoms with E-state index in [1.165, 1.54) is 44.9 Å². The molecule has 0 heterocycles. The topological polar surface area (TPSA) is 86.7 Å². The molecule has 7 heteroatoms. The Labute approximate surface area is 209 Å². The normalized spacial score (nSPS) is 11.2. The maximum Gasteiger partial charge on any atom is 1.00 e. The van der Waals surface area contributed by atoms with E-state index in [1.807, 2.05) is 6.07 Å². The summed E-state index contributed by atoms with van der Waals surface area (Å²) in [5, 5.41) is 12.5. The monoisotopic (exact) mass is 456 g/mol. The fourth-order valence-electron chi connectivity index (χ4n) is 3.50. The fourth-order valence-corrected chi connectivity index (χ4v) is 4.13. The second-order valence-corrected chi connectivity index (χ2v) is 9.12. The van der Waals surface area contributed by atoms with Crippen molar-refractivity contribution in [2.24, 2.45) is 0 Å². The summed E-state index contributed by atoms with van der Waals surface area (Å²) < 4.78 is 38.4. The van der Waals surface area contributed by atoms with Gasteiger partial charge >= 0.3 is 29.6 Å². The number of ether oxygens (including phenoxy) is 1. The van der Waals surface area contributed by atoms with Crippen LogP contribution in [0.4, 0.5) is 0 Å². The van der Waals surface area contributed by atoms with E-state index in [9.17, 15) is 18.1 Å². The summed E-state index contributed by atoms with van der Waals surface area (Å²) >= 11 is 0. The Balaban J connectivity index is 0.00000480. The molecule has 0 unspecified atom stereocenters. The molecule has 2 aromatic rings. The first-order valence-electron chi connectivity index (χ1n) is 11.0. The van der Waals surface area contributed by atoms with Crippen LogP contribution in [0, 0.1) is 0 Å². The van der Waals surface area contributed by atoms with E-state index in [4.69, 9.17) is 4.74 Å². The average molecular weight is 457 g/mol. The molecular formula is C24H33NaO5S. The van der Waals surface area contributed by atoms with E-state index in [2.05, 4.69) is 6.92 Å². The maximum absolute atomic E-state index is 12.5. The van der Waals surface area contributed by atoms with Gasteiger partial charge in [-0.2, -0.15) is 8.42 Å². The Morgan fingerprint density at radius 2 is 1.39 bits per heavy atom. The van der Waals surface area contributed by atoms with Gasteiger partial charge in [-0.1, -0.05) is 94.2 Å². The molecule has 0 aliphatic heterocycles. The summed E-state index contributed by atoms with van der Waals surface area (Å²) in [6.07, 6.45) is 12.3. The number of benzene rings is 2. The maximum atomic E-state index is 12.5. The van der Waals surface area contributed by atoms with Gasteiger partial charge in [-0.25, -0.2) is 0 Å². The van der Waals surface area contributed by atoms with Crippen LogP contribution in [0.1, 0.15) is 76.7 Å². The minimum atomic E-state index is -4.62. The molecule has 0 aliphatic rings. The largest absolute Gasteiger partial charge is 1.00 e. The first kappa shape index (κ1) is 28.0. The van der Waals surface area contributed by atoms with E-state index in [-0.39, 0.29) is 35.3 Å². The van der Waals surface area contributed by atoms with Crippen LogP contribution in [-0.4, -0.2) is 13.0 Å². The summed E-state index contributed by atoms with van der Waals surface area (Å²) in [6, 6.07) is 11.6. The van der Waals surface area contributed by atoms with Crippen molar-refractivity contribution < 1.29 is 52.4 Å². The molecular weight excluding hydrogens is 423 g/mol. The van der Waals surface area contributed by atoms with E-state index in [0.29, 0.717) is 17.7 Å². The van der Waals surface area contributed by atoms with Crippen molar-refractivity contribution in [3.05, 3.63) is 48.0 Å². The Hall–Kier alpha value is -1.05. The molecule has 0 radical (unpaired) electrons.